The normalized spacial score (nSPS) is 15.6. The lowest BCUT2D eigenvalue weighted by molar-refractivity contribution is -0.138. The van der Waals surface area contributed by atoms with Gasteiger partial charge in [-0.1, -0.05) is 65.9 Å². The van der Waals surface area contributed by atoms with Gasteiger partial charge in [0.25, 0.3) is 5.56 Å². The molecule has 0 amide bonds. The molecule has 0 fully saturated rings. The number of halogens is 1. The summed E-state index contributed by atoms with van der Waals surface area (Å²) >= 11 is 7.54. The molecule has 1 atom stereocenters. The van der Waals surface area contributed by atoms with Crippen LogP contribution in [-0.4, -0.2) is 24.3 Å². The molecule has 1 aliphatic heterocycles. The number of carbonyl (C=O) groups excluding carboxylic acids is 1. The summed E-state index contributed by atoms with van der Waals surface area (Å²) in [4.78, 5) is 31.6. The predicted molar refractivity (Wildman–Crippen MR) is 129 cm³/mol. The number of thiazole rings is 1. The molecule has 168 valence electrons. The van der Waals surface area contributed by atoms with E-state index in [1.54, 1.807) is 38.3 Å². The van der Waals surface area contributed by atoms with Crippen LogP contribution in [0.15, 0.2) is 82.2 Å². The van der Waals surface area contributed by atoms with E-state index in [0.29, 0.717) is 31.4 Å². The average Bonchev–Trinajstić information content (AvgIpc) is 3.12. The molecule has 8 heteroatoms. The maximum Gasteiger partial charge on any atom is 0.338 e. The van der Waals surface area contributed by atoms with Crippen LogP contribution in [0.1, 0.15) is 24.1 Å². The second-order valence-corrected chi connectivity index (χ2v) is 8.68. The van der Waals surface area contributed by atoms with E-state index in [4.69, 9.17) is 21.1 Å². The number of ether oxygens (including phenoxy) is 2. The maximum absolute atomic E-state index is 13.5. The molecular formula is C25H21ClN2O4S. The molecule has 2 heterocycles. The van der Waals surface area contributed by atoms with Gasteiger partial charge in [0.15, 0.2) is 4.80 Å². The van der Waals surface area contributed by atoms with Crippen molar-refractivity contribution in [3.8, 4) is 5.75 Å². The zero-order chi connectivity index (χ0) is 23.5. The number of fused-ring (bicyclic) bond motifs is 1. The van der Waals surface area contributed by atoms with Gasteiger partial charge < -0.3 is 9.47 Å². The molecule has 0 aliphatic carbocycles. The summed E-state index contributed by atoms with van der Waals surface area (Å²) in [7, 11) is 1.58. The number of hydrogen-bond donors (Lipinski definition) is 0. The van der Waals surface area contributed by atoms with Crippen molar-refractivity contribution in [1.82, 2.24) is 4.57 Å². The Morgan fingerprint density at radius 1 is 1.24 bits per heavy atom. The van der Waals surface area contributed by atoms with Crippen LogP contribution in [0.2, 0.25) is 5.02 Å². The van der Waals surface area contributed by atoms with Crippen molar-refractivity contribution in [2.75, 3.05) is 13.7 Å². The first-order valence-corrected chi connectivity index (χ1v) is 11.3. The molecule has 6 nitrogen and oxygen atoms in total. The molecule has 0 saturated carbocycles. The molecule has 0 N–H and O–H groups in total. The van der Waals surface area contributed by atoms with E-state index in [9.17, 15) is 9.59 Å². The number of methoxy groups -OCH3 is 1. The molecule has 1 aromatic heterocycles. The topological polar surface area (TPSA) is 69.9 Å². The Morgan fingerprint density at radius 3 is 2.64 bits per heavy atom. The van der Waals surface area contributed by atoms with Crippen molar-refractivity contribution < 1.29 is 14.3 Å². The van der Waals surface area contributed by atoms with E-state index in [2.05, 4.69) is 11.6 Å². The monoisotopic (exact) mass is 480 g/mol. The highest BCUT2D eigenvalue weighted by Crippen LogP contribution is 2.31. The second kappa shape index (κ2) is 9.60. The van der Waals surface area contributed by atoms with Gasteiger partial charge in [0.05, 0.1) is 29.0 Å². The fourth-order valence-electron chi connectivity index (χ4n) is 3.63. The van der Waals surface area contributed by atoms with E-state index >= 15 is 0 Å². The summed E-state index contributed by atoms with van der Waals surface area (Å²) in [6.07, 6.45) is 3.24. The number of carbonyl (C=O) groups is 1. The molecule has 0 spiro atoms. The van der Waals surface area contributed by atoms with Gasteiger partial charge in [-0.05, 0) is 42.3 Å². The Bertz CT molecular complexity index is 1430. The SMILES string of the molecule is C=CCOC(=O)C1=C(C)N=c2s/c(=C/c3ccccc3Cl)c(=O)n2C1c1ccc(OC)cc1. The number of esters is 1. The van der Waals surface area contributed by atoms with E-state index < -0.39 is 12.0 Å². The van der Waals surface area contributed by atoms with Gasteiger partial charge in [-0.3, -0.25) is 9.36 Å². The lowest BCUT2D eigenvalue weighted by atomic mass is 9.96. The van der Waals surface area contributed by atoms with Crippen LogP contribution in [0.3, 0.4) is 0 Å². The quantitative estimate of drug-likeness (QED) is 0.399. The lowest BCUT2D eigenvalue weighted by Gasteiger charge is -2.24. The van der Waals surface area contributed by atoms with Crippen molar-refractivity contribution in [3.05, 3.63) is 108 Å². The minimum atomic E-state index is -0.696. The molecule has 0 saturated heterocycles. The van der Waals surface area contributed by atoms with Gasteiger partial charge in [-0.15, -0.1) is 0 Å². The second-order valence-electron chi connectivity index (χ2n) is 7.26. The molecule has 1 unspecified atom stereocenters. The summed E-state index contributed by atoms with van der Waals surface area (Å²) in [5.74, 6) is 0.124. The zero-order valence-electron chi connectivity index (χ0n) is 18.1. The summed E-state index contributed by atoms with van der Waals surface area (Å²) in [5.41, 5.74) is 2.00. The fourth-order valence-corrected chi connectivity index (χ4v) is 4.86. The van der Waals surface area contributed by atoms with Crippen molar-refractivity contribution in [2.24, 2.45) is 4.99 Å². The molecule has 0 radical (unpaired) electrons. The first-order valence-electron chi connectivity index (χ1n) is 10.1. The van der Waals surface area contributed by atoms with Gasteiger partial charge in [-0.2, -0.15) is 0 Å². The highest BCUT2D eigenvalue weighted by molar-refractivity contribution is 7.07. The Balaban J connectivity index is 1.94. The summed E-state index contributed by atoms with van der Waals surface area (Å²) in [5, 5.41) is 0.542. The van der Waals surface area contributed by atoms with Crippen molar-refractivity contribution in [3.63, 3.8) is 0 Å². The molecular weight excluding hydrogens is 460 g/mol. The maximum atomic E-state index is 13.5. The van der Waals surface area contributed by atoms with Crippen LogP contribution in [0.5, 0.6) is 5.75 Å². The van der Waals surface area contributed by atoms with E-state index in [1.807, 2.05) is 30.3 Å². The lowest BCUT2D eigenvalue weighted by Crippen LogP contribution is -2.39. The van der Waals surface area contributed by atoms with Crippen molar-refractivity contribution in [2.45, 2.75) is 13.0 Å². The third kappa shape index (κ3) is 4.42. The van der Waals surface area contributed by atoms with Gasteiger partial charge >= 0.3 is 5.97 Å². The zero-order valence-corrected chi connectivity index (χ0v) is 19.7. The van der Waals surface area contributed by atoms with Crippen molar-refractivity contribution >= 4 is 35.0 Å². The van der Waals surface area contributed by atoms with Crippen LogP contribution in [0.25, 0.3) is 6.08 Å². The Morgan fingerprint density at radius 2 is 1.97 bits per heavy atom. The highest BCUT2D eigenvalue weighted by Gasteiger charge is 2.33. The number of rotatable bonds is 6. The van der Waals surface area contributed by atoms with Crippen LogP contribution in [0.4, 0.5) is 0 Å². The first kappa shape index (κ1) is 22.8. The molecule has 2 aromatic carbocycles. The minimum absolute atomic E-state index is 0.0574. The minimum Gasteiger partial charge on any atom is -0.497 e. The van der Waals surface area contributed by atoms with Gasteiger partial charge in [0, 0.05) is 5.02 Å². The number of benzene rings is 2. The summed E-state index contributed by atoms with van der Waals surface area (Å²) in [6.45, 7) is 5.39. The Hall–Kier alpha value is -3.42. The predicted octanol–water partition coefficient (Wildman–Crippen LogP) is 3.63. The van der Waals surface area contributed by atoms with E-state index in [0.717, 1.165) is 11.1 Å². The average molecular weight is 481 g/mol. The van der Waals surface area contributed by atoms with Crippen LogP contribution in [-0.2, 0) is 9.53 Å². The molecule has 4 rings (SSSR count). The molecule has 0 bridgehead atoms. The number of hydrogen-bond acceptors (Lipinski definition) is 6. The third-order valence-corrected chi connectivity index (χ3v) is 6.52. The van der Waals surface area contributed by atoms with Gasteiger partial charge in [-0.25, -0.2) is 9.79 Å². The van der Waals surface area contributed by atoms with E-state index in [1.165, 1.54) is 22.0 Å². The molecule has 3 aromatic rings. The smallest absolute Gasteiger partial charge is 0.338 e. The van der Waals surface area contributed by atoms with Gasteiger partial charge in [0.2, 0.25) is 0 Å². The largest absolute Gasteiger partial charge is 0.497 e. The van der Waals surface area contributed by atoms with Crippen LogP contribution in [0, 0.1) is 0 Å². The molecule has 33 heavy (non-hydrogen) atoms. The number of aromatic nitrogens is 1. The van der Waals surface area contributed by atoms with E-state index in [-0.39, 0.29) is 12.2 Å². The van der Waals surface area contributed by atoms with Gasteiger partial charge in [0.1, 0.15) is 12.4 Å². The first-order chi connectivity index (χ1) is 15.9. The molecule has 1 aliphatic rings. The highest BCUT2D eigenvalue weighted by atomic mass is 35.5. The number of nitrogens with zero attached hydrogens (tertiary/aromatic N) is 2. The third-order valence-electron chi connectivity index (χ3n) is 5.20. The van der Waals surface area contributed by atoms with Crippen molar-refractivity contribution in [1.29, 1.82) is 0 Å². The van der Waals surface area contributed by atoms with Crippen LogP contribution < -0.4 is 19.6 Å². The van der Waals surface area contributed by atoms with Crippen LogP contribution >= 0.6 is 22.9 Å². The number of allylic oxidation sites excluding steroid dienone is 1. The Kier molecular flexibility index (Phi) is 6.62. The Labute approximate surface area is 199 Å². The fraction of sp³-hybridized carbons (Fsp3) is 0.160. The summed E-state index contributed by atoms with van der Waals surface area (Å²) < 4.78 is 12.6. The summed E-state index contributed by atoms with van der Waals surface area (Å²) in [6, 6.07) is 13.8. The standard InChI is InChI=1S/C25H21ClN2O4S/c1-4-13-32-24(30)21-15(2)27-25-28(22(21)16-9-11-18(31-3)12-10-16)23(29)20(33-25)14-17-7-5-6-8-19(17)26/h4-12,14,22H,1,13H2,2-3H3/b20-14+.